The molecular weight excluding hydrogens is 581 g/mol. The van der Waals surface area contributed by atoms with Crippen molar-refractivity contribution >= 4 is 52.4 Å². The van der Waals surface area contributed by atoms with E-state index in [-0.39, 0.29) is 34.8 Å². The van der Waals surface area contributed by atoms with E-state index in [2.05, 4.69) is 5.32 Å². The SMILES string of the molecule is CN(C(=O)c1ccc(Cl)c(C2CC2)c1)[C@]1(C(=O)C2CCN(C(=O)C3(C)CC3)CC2)CNC[C@H]1c1ccc(Cl)c(Cl)c1. The van der Waals surface area contributed by atoms with Crippen LogP contribution >= 0.6 is 34.8 Å². The van der Waals surface area contributed by atoms with E-state index in [1.54, 1.807) is 30.1 Å². The molecule has 1 N–H and O–H groups in total. The summed E-state index contributed by atoms with van der Waals surface area (Å²) in [5, 5.41) is 4.96. The predicted octanol–water partition coefficient (Wildman–Crippen LogP) is 6.33. The van der Waals surface area contributed by atoms with Crippen molar-refractivity contribution in [1.82, 2.24) is 15.1 Å². The fourth-order valence-electron chi connectivity index (χ4n) is 6.84. The van der Waals surface area contributed by atoms with Gasteiger partial charge in [-0.1, -0.05) is 47.8 Å². The van der Waals surface area contributed by atoms with E-state index in [0.29, 0.717) is 65.6 Å². The number of ketones is 1. The largest absolute Gasteiger partial charge is 0.342 e. The molecule has 2 aromatic rings. The Morgan fingerprint density at radius 3 is 2.24 bits per heavy atom. The third kappa shape index (κ3) is 5.20. The molecule has 4 fully saturated rings. The number of carbonyl (C=O) groups excluding carboxylic acids is 3. The van der Waals surface area contributed by atoms with Crippen LogP contribution in [0.25, 0.3) is 0 Å². The van der Waals surface area contributed by atoms with Gasteiger partial charge in [-0.25, -0.2) is 0 Å². The first kappa shape index (κ1) is 29.0. The van der Waals surface area contributed by atoms with E-state index in [1.165, 1.54) is 0 Å². The Bertz CT molecular complexity index is 1400. The van der Waals surface area contributed by atoms with Crippen LogP contribution in [0.2, 0.25) is 15.1 Å². The summed E-state index contributed by atoms with van der Waals surface area (Å²) in [5.41, 5.74) is 1.03. The molecule has 2 aliphatic carbocycles. The van der Waals surface area contributed by atoms with Crippen molar-refractivity contribution in [3.63, 3.8) is 0 Å². The van der Waals surface area contributed by atoms with Gasteiger partial charge in [-0.05, 0) is 85.9 Å². The van der Waals surface area contributed by atoms with E-state index >= 15 is 0 Å². The van der Waals surface area contributed by atoms with Gasteiger partial charge >= 0.3 is 0 Å². The summed E-state index contributed by atoms with van der Waals surface area (Å²) in [6.07, 6.45) is 5.19. The molecule has 0 aromatic heterocycles. The van der Waals surface area contributed by atoms with Crippen LogP contribution in [-0.4, -0.2) is 66.2 Å². The lowest BCUT2D eigenvalue weighted by Gasteiger charge is -2.45. The highest BCUT2D eigenvalue weighted by molar-refractivity contribution is 6.42. The summed E-state index contributed by atoms with van der Waals surface area (Å²) in [4.78, 5) is 45.5. The van der Waals surface area contributed by atoms with Crippen LogP contribution in [0.15, 0.2) is 36.4 Å². The quantitative estimate of drug-likeness (QED) is 0.395. The van der Waals surface area contributed by atoms with Crippen LogP contribution in [0.1, 0.15) is 78.8 Å². The fourth-order valence-corrected chi connectivity index (χ4v) is 7.42. The molecule has 0 unspecified atom stereocenters. The van der Waals surface area contributed by atoms with Crippen molar-refractivity contribution in [2.45, 2.75) is 62.8 Å². The average molecular weight is 617 g/mol. The molecule has 2 atom stereocenters. The Morgan fingerprint density at radius 1 is 0.927 bits per heavy atom. The molecular formula is C32H36Cl3N3O3. The van der Waals surface area contributed by atoms with E-state index in [1.807, 2.05) is 30.0 Å². The molecule has 2 aliphatic heterocycles. The van der Waals surface area contributed by atoms with Gasteiger partial charge in [0.1, 0.15) is 5.54 Å². The minimum atomic E-state index is -1.13. The molecule has 2 aromatic carbocycles. The summed E-state index contributed by atoms with van der Waals surface area (Å²) in [7, 11) is 1.75. The number of Topliss-reactive ketones (excluding diaryl/α,β-unsaturated/α-hetero) is 1. The highest BCUT2D eigenvalue weighted by Gasteiger charge is 2.56. The molecule has 6 rings (SSSR count). The maximum atomic E-state index is 14.7. The number of likely N-dealkylation sites (tertiary alicyclic amines) is 1. The van der Waals surface area contributed by atoms with Crippen molar-refractivity contribution < 1.29 is 14.4 Å². The van der Waals surface area contributed by atoms with Crippen LogP contribution < -0.4 is 5.32 Å². The standard InChI is InChI=1S/C32H36Cl3N3O3/c1-31(11-12-31)30(41)38-13-9-20(10-14-38)28(39)32(18-36-17-24(32)21-5-8-26(34)27(35)16-21)37(2)29(40)22-6-7-25(33)23(15-22)19-3-4-19/h5-8,15-16,19-20,24,36H,3-4,9-14,17-18H2,1-2H3/t24-,32+/m0/s1. The molecule has 2 saturated carbocycles. The van der Waals surface area contributed by atoms with Gasteiger partial charge in [0.25, 0.3) is 5.91 Å². The van der Waals surface area contributed by atoms with Crippen molar-refractivity contribution in [2.75, 3.05) is 33.2 Å². The Labute approximate surface area is 256 Å². The summed E-state index contributed by atoms with van der Waals surface area (Å²) < 4.78 is 0. The van der Waals surface area contributed by atoms with Crippen molar-refractivity contribution in [3.8, 4) is 0 Å². The Balaban J connectivity index is 1.33. The maximum Gasteiger partial charge on any atom is 0.254 e. The highest BCUT2D eigenvalue weighted by Crippen LogP contribution is 2.48. The Morgan fingerprint density at radius 2 is 1.61 bits per heavy atom. The number of amides is 2. The molecule has 2 saturated heterocycles. The first-order valence-corrected chi connectivity index (χ1v) is 15.8. The number of rotatable bonds is 7. The minimum Gasteiger partial charge on any atom is -0.342 e. The van der Waals surface area contributed by atoms with Crippen LogP contribution in [0.4, 0.5) is 0 Å². The van der Waals surface area contributed by atoms with Crippen LogP contribution in [0.3, 0.4) is 0 Å². The molecule has 41 heavy (non-hydrogen) atoms. The van der Waals surface area contributed by atoms with Gasteiger partial charge in [0.2, 0.25) is 5.91 Å². The lowest BCUT2D eigenvalue weighted by atomic mass is 9.71. The number of halogens is 3. The Kier molecular flexibility index (Phi) is 7.67. The first-order chi connectivity index (χ1) is 19.5. The van der Waals surface area contributed by atoms with Gasteiger partial charge in [-0.3, -0.25) is 14.4 Å². The summed E-state index contributed by atoms with van der Waals surface area (Å²) in [6.45, 7) is 4.00. The number of piperidine rings is 1. The number of hydrogen-bond donors (Lipinski definition) is 1. The molecule has 6 nitrogen and oxygen atoms in total. The second-order valence-corrected chi connectivity index (χ2v) is 13.9. The summed E-state index contributed by atoms with van der Waals surface area (Å²) in [5.74, 6) is -0.164. The van der Waals surface area contributed by atoms with E-state index < -0.39 is 5.54 Å². The number of nitrogens with one attached hydrogen (secondary N) is 1. The van der Waals surface area contributed by atoms with Crippen LogP contribution in [-0.2, 0) is 9.59 Å². The van der Waals surface area contributed by atoms with Gasteiger partial charge in [0.15, 0.2) is 5.78 Å². The number of hydrogen-bond acceptors (Lipinski definition) is 4. The monoisotopic (exact) mass is 615 g/mol. The molecule has 2 heterocycles. The zero-order chi connectivity index (χ0) is 29.1. The molecule has 0 spiro atoms. The molecule has 2 amide bonds. The normalized spacial score (nSPS) is 25.7. The average Bonchev–Trinajstić information content (AvgIpc) is 3.91. The van der Waals surface area contributed by atoms with Gasteiger partial charge in [0, 0.05) is 61.1 Å². The fraction of sp³-hybridized carbons (Fsp3) is 0.531. The molecule has 4 aliphatic rings. The second-order valence-electron chi connectivity index (χ2n) is 12.6. The smallest absolute Gasteiger partial charge is 0.254 e. The first-order valence-electron chi connectivity index (χ1n) is 14.6. The number of benzene rings is 2. The van der Waals surface area contributed by atoms with E-state index in [9.17, 15) is 14.4 Å². The zero-order valence-corrected chi connectivity index (χ0v) is 25.8. The van der Waals surface area contributed by atoms with Crippen LogP contribution in [0, 0.1) is 11.3 Å². The number of likely N-dealkylation sites (N-methyl/N-ethyl adjacent to an activating group) is 1. The van der Waals surface area contributed by atoms with E-state index in [0.717, 1.165) is 36.8 Å². The van der Waals surface area contributed by atoms with E-state index in [4.69, 9.17) is 34.8 Å². The minimum absolute atomic E-state index is 0.0375. The lowest BCUT2D eigenvalue weighted by Crippen LogP contribution is -2.62. The molecule has 9 heteroatoms. The van der Waals surface area contributed by atoms with Crippen LogP contribution in [0.5, 0.6) is 0 Å². The number of carbonyl (C=O) groups is 3. The topological polar surface area (TPSA) is 69.7 Å². The third-order valence-electron chi connectivity index (χ3n) is 9.92. The predicted molar refractivity (Wildman–Crippen MR) is 162 cm³/mol. The maximum absolute atomic E-state index is 14.7. The Hall–Kier alpha value is -2.12. The third-order valence-corrected chi connectivity index (χ3v) is 11.0. The van der Waals surface area contributed by atoms with Crippen molar-refractivity contribution in [2.24, 2.45) is 11.3 Å². The molecule has 0 radical (unpaired) electrons. The lowest BCUT2D eigenvalue weighted by molar-refractivity contribution is -0.142. The number of nitrogens with zero attached hydrogens (tertiary/aromatic N) is 2. The highest BCUT2D eigenvalue weighted by atomic mass is 35.5. The van der Waals surface area contributed by atoms with Gasteiger partial charge in [0.05, 0.1) is 10.0 Å². The summed E-state index contributed by atoms with van der Waals surface area (Å²) >= 11 is 19.2. The van der Waals surface area contributed by atoms with Gasteiger partial charge < -0.3 is 15.1 Å². The molecule has 0 bridgehead atoms. The summed E-state index contributed by atoms with van der Waals surface area (Å²) in [6, 6.07) is 10.9. The second kappa shape index (κ2) is 10.9. The zero-order valence-electron chi connectivity index (χ0n) is 23.5. The van der Waals surface area contributed by atoms with Crippen molar-refractivity contribution in [1.29, 1.82) is 0 Å². The van der Waals surface area contributed by atoms with Gasteiger partial charge in [-0.15, -0.1) is 0 Å². The van der Waals surface area contributed by atoms with Crippen molar-refractivity contribution in [3.05, 3.63) is 68.2 Å². The molecule has 218 valence electrons. The van der Waals surface area contributed by atoms with Gasteiger partial charge in [-0.2, -0.15) is 0 Å².